The summed E-state index contributed by atoms with van der Waals surface area (Å²) in [5.74, 6) is 0.906. The zero-order valence-corrected chi connectivity index (χ0v) is 11.0. The van der Waals surface area contributed by atoms with Crippen molar-refractivity contribution in [2.45, 2.75) is 32.0 Å². The van der Waals surface area contributed by atoms with E-state index in [-0.39, 0.29) is 12.5 Å². The van der Waals surface area contributed by atoms with E-state index in [0.717, 1.165) is 18.8 Å². The summed E-state index contributed by atoms with van der Waals surface area (Å²) < 4.78 is 37.5. The van der Waals surface area contributed by atoms with Crippen molar-refractivity contribution in [3.8, 4) is 0 Å². The van der Waals surface area contributed by atoms with Gasteiger partial charge in [-0.1, -0.05) is 6.42 Å². The fourth-order valence-electron chi connectivity index (χ4n) is 1.91. The molecule has 1 aliphatic carbocycles. The highest BCUT2D eigenvalue weighted by atomic mass is 19.4. The second-order valence-corrected chi connectivity index (χ2v) is 4.93. The van der Waals surface area contributed by atoms with E-state index >= 15 is 0 Å². The zero-order chi connectivity index (χ0) is 14.6. The van der Waals surface area contributed by atoms with E-state index < -0.39 is 11.9 Å². The molecule has 4 nitrogen and oxygen atoms in total. The van der Waals surface area contributed by atoms with Crippen LogP contribution in [0.3, 0.4) is 0 Å². The third-order valence-corrected chi connectivity index (χ3v) is 3.34. The van der Waals surface area contributed by atoms with Crippen molar-refractivity contribution >= 4 is 5.96 Å². The molecule has 3 N–H and O–H groups in total. The Morgan fingerprint density at radius 2 is 2.20 bits per heavy atom. The maximum absolute atomic E-state index is 12.5. The summed E-state index contributed by atoms with van der Waals surface area (Å²) in [6, 6.07) is 2.49. The van der Waals surface area contributed by atoms with Crippen molar-refractivity contribution in [1.29, 1.82) is 0 Å². The third-order valence-electron chi connectivity index (χ3n) is 3.34. The number of hydrogen-bond donors (Lipinski definition) is 2. The molecule has 1 aromatic rings. The lowest BCUT2D eigenvalue weighted by molar-refractivity contribution is -0.141. The summed E-state index contributed by atoms with van der Waals surface area (Å²) in [6.45, 7) is 0.884. The lowest BCUT2D eigenvalue weighted by Gasteiger charge is -2.25. The summed E-state index contributed by atoms with van der Waals surface area (Å²) in [5.41, 5.74) is 5.19. The number of aromatic nitrogens is 1. The number of guanidine groups is 1. The van der Waals surface area contributed by atoms with Crippen LogP contribution in [0, 0.1) is 5.92 Å². The Morgan fingerprint density at radius 1 is 1.45 bits per heavy atom. The van der Waals surface area contributed by atoms with Crippen molar-refractivity contribution < 1.29 is 13.2 Å². The second-order valence-electron chi connectivity index (χ2n) is 4.93. The quantitative estimate of drug-likeness (QED) is 0.659. The molecular weight excluding hydrogens is 269 g/mol. The van der Waals surface area contributed by atoms with Crippen molar-refractivity contribution in [2.75, 3.05) is 6.54 Å². The first-order valence-electron chi connectivity index (χ1n) is 6.51. The SMILES string of the molecule is NC(=NCc1ccnc(C(F)(F)F)c1)NCC1CCC1. The lowest BCUT2D eigenvalue weighted by atomic mass is 9.85. The van der Waals surface area contributed by atoms with Gasteiger partial charge < -0.3 is 11.1 Å². The van der Waals surface area contributed by atoms with Gasteiger partial charge in [0.15, 0.2) is 5.96 Å². The normalized spacial score (nSPS) is 16.9. The minimum Gasteiger partial charge on any atom is -0.370 e. The molecule has 2 rings (SSSR count). The molecule has 1 heterocycles. The number of halogens is 3. The average molecular weight is 286 g/mol. The monoisotopic (exact) mass is 286 g/mol. The van der Waals surface area contributed by atoms with Gasteiger partial charge in [-0.3, -0.25) is 4.98 Å². The molecule has 110 valence electrons. The Hall–Kier alpha value is -1.79. The zero-order valence-electron chi connectivity index (χ0n) is 11.0. The summed E-state index contributed by atoms with van der Waals surface area (Å²) in [4.78, 5) is 7.33. The molecule has 0 radical (unpaired) electrons. The number of nitrogens with zero attached hydrogens (tertiary/aromatic N) is 2. The molecule has 1 fully saturated rings. The Kier molecular flexibility index (Phi) is 4.46. The molecular formula is C13H17F3N4. The van der Waals surface area contributed by atoms with Gasteiger partial charge in [-0.05, 0) is 36.5 Å². The fourth-order valence-corrected chi connectivity index (χ4v) is 1.91. The van der Waals surface area contributed by atoms with E-state index in [1.807, 2.05) is 0 Å². The van der Waals surface area contributed by atoms with E-state index in [4.69, 9.17) is 5.73 Å². The van der Waals surface area contributed by atoms with Crippen LogP contribution in [-0.2, 0) is 12.7 Å². The highest BCUT2D eigenvalue weighted by Crippen LogP contribution is 2.27. The maximum atomic E-state index is 12.5. The molecule has 20 heavy (non-hydrogen) atoms. The van der Waals surface area contributed by atoms with Crippen LogP contribution in [0.15, 0.2) is 23.3 Å². The largest absolute Gasteiger partial charge is 0.433 e. The minimum absolute atomic E-state index is 0.106. The van der Waals surface area contributed by atoms with Crippen LogP contribution < -0.4 is 11.1 Å². The van der Waals surface area contributed by atoms with Gasteiger partial charge in [-0.15, -0.1) is 0 Å². The number of aliphatic imine (C=N–C) groups is 1. The summed E-state index contributed by atoms with van der Waals surface area (Å²) in [7, 11) is 0. The lowest BCUT2D eigenvalue weighted by Crippen LogP contribution is -2.37. The van der Waals surface area contributed by atoms with E-state index in [1.54, 1.807) is 0 Å². The molecule has 0 aromatic carbocycles. The maximum Gasteiger partial charge on any atom is 0.433 e. The van der Waals surface area contributed by atoms with E-state index in [0.29, 0.717) is 11.5 Å². The smallest absolute Gasteiger partial charge is 0.370 e. The van der Waals surface area contributed by atoms with Crippen LogP contribution in [0.2, 0.25) is 0 Å². The Balaban J connectivity index is 1.88. The van der Waals surface area contributed by atoms with Gasteiger partial charge in [0.2, 0.25) is 0 Å². The first-order chi connectivity index (χ1) is 9.45. The van der Waals surface area contributed by atoms with E-state index in [9.17, 15) is 13.2 Å². The van der Waals surface area contributed by atoms with Crippen molar-refractivity contribution in [1.82, 2.24) is 10.3 Å². The predicted molar refractivity (Wildman–Crippen MR) is 69.9 cm³/mol. The predicted octanol–water partition coefficient (Wildman–Crippen LogP) is 2.30. The average Bonchev–Trinajstić information content (AvgIpc) is 2.34. The van der Waals surface area contributed by atoms with Gasteiger partial charge in [0.1, 0.15) is 5.69 Å². The van der Waals surface area contributed by atoms with Gasteiger partial charge in [0.05, 0.1) is 6.54 Å². The van der Waals surface area contributed by atoms with Gasteiger partial charge in [-0.2, -0.15) is 13.2 Å². The van der Waals surface area contributed by atoms with Gasteiger partial charge in [0.25, 0.3) is 0 Å². The molecule has 0 amide bonds. The number of alkyl halides is 3. The van der Waals surface area contributed by atoms with Crippen LogP contribution in [0.25, 0.3) is 0 Å². The standard InChI is InChI=1S/C13H17F3N4/c14-13(15,16)11-6-10(4-5-18-11)8-20-12(17)19-7-9-2-1-3-9/h4-6,9H,1-3,7-8H2,(H3,17,19,20). The van der Waals surface area contributed by atoms with E-state index in [2.05, 4.69) is 15.3 Å². The van der Waals surface area contributed by atoms with Crippen molar-refractivity contribution in [3.63, 3.8) is 0 Å². The van der Waals surface area contributed by atoms with Crippen LogP contribution in [0.5, 0.6) is 0 Å². The molecule has 1 saturated carbocycles. The Labute approximate surface area is 115 Å². The molecule has 0 saturated heterocycles. The first kappa shape index (κ1) is 14.6. The van der Waals surface area contributed by atoms with Crippen LogP contribution in [0.1, 0.15) is 30.5 Å². The number of hydrogen-bond acceptors (Lipinski definition) is 2. The van der Waals surface area contributed by atoms with Gasteiger partial charge in [-0.25, -0.2) is 4.99 Å². The molecule has 1 aliphatic rings. The highest BCUT2D eigenvalue weighted by Gasteiger charge is 2.32. The van der Waals surface area contributed by atoms with Crippen LogP contribution in [-0.4, -0.2) is 17.5 Å². The van der Waals surface area contributed by atoms with Crippen LogP contribution in [0.4, 0.5) is 13.2 Å². The summed E-state index contributed by atoms with van der Waals surface area (Å²) in [5, 5.41) is 2.99. The Morgan fingerprint density at radius 3 is 2.80 bits per heavy atom. The molecule has 0 unspecified atom stereocenters. The molecule has 0 atom stereocenters. The summed E-state index contributed by atoms with van der Waals surface area (Å²) in [6.07, 6.45) is 0.333. The first-order valence-corrected chi connectivity index (χ1v) is 6.51. The second kappa shape index (κ2) is 6.11. The number of rotatable bonds is 4. The van der Waals surface area contributed by atoms with E-state index in [1.165, 1.54) is 25.3 Å². The van der Waals surface area contributed by atoms with Crippen molar-refractivity contribution in [2.24, 2.45) is 16.6 Å². The topological polar surface area (TPSA) is 63.3 Å². The molecule has 0 aliphatic heterocycles. The van der Waals surface area contributed by atoms with Crippen LogP contribution >= 0.6 is 0 Å². The number of nitrogens with one attached hydrogen (secondary N) is 1. The van der Waals surface area contributed by atoms with Gasteiger partial charge >= 0.3 is 6.18 Å². The minimum atomic E-state index is -4.44. The van der Waals surface area contributed by atoms with Crippen molar-refractivity contribution in [3.05, 3.63) is 29.6 Å². The Bertz CT molecular complexity index is 481. The highest BCUT2D eigenvalue weighted by molar-refractivity contribution is 5.77. The molecule has 0 spiro atoms. The number of nitrogens with two attached hydrogens (primary N) is 1. The molecule has 1 aromatic heterocycles. The van der Waals surface area contributed by atoms with Gasteiger partial charge in [0, 0.05) is 12.7 Å². The third kappa shape index (κ3) is 4.11. The molecule has 7 heteroatoms. The molecule has 0 bridgehead atoms. The number of pyridine rings is 1. The summed E-state index contributed by atoms with van der Waals surface area (Å²) >= 11 is 0. The fraction of sp³-hybridized carbons (Fsp3) is 0.538.